The number of hydrogen-bond donors (Lipinski definition) is 0. The van der Waals surface area contributed by atoms with Crippen LogP contribution in [0.2, 0.25) is 0 Å². The van der Waals surface area contributed by atoms with Crippen molar-refractivity contribution in [2.75, 3.05) is 0 Å². The summed E-state index contributed by atoms with van der Waals surface area (Å²) in [5.41, 5.74) is 0. The van der Waals surface area contributed by atoms with Crippen LogP contribution in [0.1, 0.15) is 174 Å². The molecule has 1 heterocycles. The standard InChI is InChI=1S/C32H63N2/c1-4-7-10-12-14-15-16-17-18-19-20-21-22-24-26-29-34-31-30-33(28-9-6-3)32(34)27-25-23-13-11-8-5-2/h30-31H,4-29H2,1-3H3/q+1. The fraction of sp³-hybridized carbons (Fsp3) is 0.906. The number of unbranched alkanes of at least 4 members (excludes halogenated alkanes) is 20. The summed E-state index contributed by atoms with van der Waals surface area (Å²) in [5, 5.41) is 0. The van der Waals surface area contributed by atoms with Crippen molar-refractivity contribution in [2.45, 2.75) is 188 Å². The van der Waals surface area contributed by atoms with E-state index in [1.165, 1.54) is 167 Å². The lowest BCUT2D eigenvalue weighted by Gasteiger charge is -2.06. The zero-order valence-corrected chi connectivity index (χ0v) is 23.9. The first-order chi connectivity index (χ1) is 16.8. The average Bonchev–Trinajstić information content (AvgIpc) is 3.23. The molecule has 0 radical (unpaired) electrons. The van der Waals surface area contributed by atoms with E-state index in [-0.39, 0.29) is 0 Å². The molecular formula is C32H63N2+. The number of imidazole rings is 1. The average molecular weight is 476 g/mol. The SMILES string of the molecule is CCCCCCCCCCCCCCCCC[n+]1ccn(CCCC)c1CCCCCCCC. The summed E-state index contributed by atoms with van der Waals surface area (Å²) in [4.78, 5) is 0. The Morgan fingerprint density at radius 3 is 1.38 bits per heavy atom. The first kappa shape index (κ1) is 31.2. The van der Waals surface area contributed by atoms with E-state index in [0.717, 1.165) is 0 Å². The van der Waals surface area contributed by atoms with Gasteiger partial charge in [-0.3, -0.25) is 0 Å². The highest BCUT2D eigenvalue weighted by molar-refractivity contribution is 4.84. The van der Waals surface area contributed by atoms with Crippen molar-refractivity contribution < 1.29 is 4.57 Å². The highest BCUT2D eigenvalue weighted by atomic mass is 15.1. The third kappa shape index (κ3) is 16.8. The second-order valence-electron chi connectivity index (χ2n) is 10.9. The summed E-state index contributed by atoms with van der Waals surface area (Å²) in [5.74, 6) is 1.59. The minimum Gasteiger partial charge on any atom is -0.234 e. The maximum atomic E-state index is 2.59. The van der Waals surface area contributed by atoms with Crippen LogP contribution in [0.15, 0.2) is 12.4 Å². The van der Waals surface area contributed by atoms with Crippen LogP contribution in [0.4, 0.5) is 0 Å². The van der Waals surface area contributed by atoms with Gasteiger partial charge in [-0.2, -0.15) is 0 Å². The summed E-state index contributed by atoms with van der Waals surface area (Å²) in [6, 6.07) is 0. The Labute approximate surface area is 215 Å². The topological polar surface area (TPSA) is 8.81 Å². The summed E-state index contributed by atoms with van der Waals surface area (Å²) >= 11 is 0. The molecule has 0 amide bonds. The third-order valence-corrected chi connectivity index (χ3v) is 7.60. The Morgan fingerprint density at radius 2 is 0.912 bits per heavy atom. The van der Waals surface area contributed by atoms with Gasteiger partial charge in [-0.1, -0.05) is 143 Å². The van der Waals surface area contributed by atoms with E-state index >= 15 is 0 Å². The Morgan fingerprint density at radius 1 is 0.500 bits per heavy atom. The lowest BCUT2D eigenvalue weighted by molar-refractivity contribution is -0.704. The van der Waals surface area contributed by atoms with Gasteiger partial charge in [0.25, 0.3) is 5.82 Å². The molecule has 0 unspecified atom stereocenters. The first-order valence-corrected chi connectivity index (χ1v) is 15.9. The van der Waals surface area contributed by atoms with Gasteiger partial charge in [0.2, 0.25) is 0 Å². The summed E-state index contributed by atoms with van der Waals surface area (Å²) < 4.78 is 5.14. The second kappa shape index (κ2) is 23.9. The minimum absolute atomic E-state index is 1.20. The van der Waals surface area contributed by atoms with Crippen LogP contribution in [0.25, 0.3) is 0 Å². The van der Waals surface area contributed by atoms with Crippen LogP contribution in [0, 0.1) is 0 Å². The molecule has 34 heavy (non-hydrogen) atoms. The second-order valence-corrected chi connectivity index (χ2v) is 10.9. The van der Waals surface area contributed by atoms with Crippen molar-refractivity contribution in [3.05, 3.63) is 18.2 Å². The van der Waals surface area contributed by atoms with Gasteiger partial charge < -0.3 is 0 Å². The number of aryl methyl sites for hydroxylation is 2. The molecule has 0 spiro atoms. The number of aromatic nitrogens is 2. The molecule has 0 aromatic carbocycles. The molecule has 200 valence electrons. The molecule has 0 bridgehead atoms. The number of nitrogens with zero attached hydrogens (tertiary/aromatic N) is 2. The van der Waals surface area contributed by atoms with Gasteiger partial charge in [0.05, 0.1) is 13.1 Å². The fourth-order valence-corrected chi connectivity index (χ4v) is 5.24. The molecule has 0 atom stereocenters. The van der Waals surface area contributed by atoms with E-state index in [1.807, 2.05) is 0 Å². The van der Waals surface area contributed by atoms with Crippen LogP contribution < -0.4 is 4.57 Å². The molecule has 0 N–H and O–H groups in total. The van der Waals surface area contributed by atoms with Crippen LogP contribution in [0.5, 0.6) is 0 Å². The summed E-state index contributed by atoms with van der Waals surface area (Å²) in [6.45, 7) is 9.34. The zero-order valence-electron chi connectivity index (χ0n) is 23.9. The lowest BCUT2D eigenvalue weighted by Crippen LogP contribution is -2.37. The Bertz CT molecular complexity index is 533. The van der Waals surface area contributed by atoms with E-state index in [1.54, 1.807) is 5.82 Å². The maximum Gasteiger partial charge on any atom is 0.256 e. The number of hydrogen-bond acceptors (Lipinski definition) is 0. The van der Waals surface area contributed by atoms with Gasteiger partial charge in [-0.25, -0.2) is 9.13 Å². The van der Waals surface area contributed by atoms with Crippen molar-refractivity contribution in [2.24, 2.45) is 0 Å². The van der Waals surface area contributed by atoms with Gasteiger partial charge in [-0.15, -0.1) is 0 Å². The molecule has 0 aliphatic carbocycles. The highest BCUT2D eigenvalue weighted by Gasteiger charge is 2.16. The molecule has 1 aromatic rings. The quantitative estimate of drug-likeness (QED) is 0.0930. The molecular weight excluding hydrogens is 412 g/mol. The van der Waals surface area contributed by atoms with Gasteiger partial charge in [0, 0.05) is 6.42 Å². The smallest absolute Gasteiger partial charge is 0.234 e. The molecule has 1 aromatic heterocycles. The van der Waals surface area contributed by atoms with Crippen molar-refractivity contribution in [3.8, 4) is 0 Å². The van der Waals surface area contributed by atoms with Crippen molar-refractivity contribution in [1.82, 2.24) is 4.57 Å². The molecule has 2 heteroatoms. The Balaban J connectivity index is 2.10. The molecule has 0 aliphatic heterocycles. The van der Waals surface area contributed by atoms with Gasteiger partial charge in [0.1, 0.15) is 12.4 Å². The van der Waals surface area contributed by atoms with Crippen LogP contribution in [-0.2, 0) is 19.5 Å². The Kier molecular flexibility index (Phi) is 22.0. The van der Waals surface area contributed by atoms with E-state index < -0.39 is 0 Å². The molecule has 0 saturated carbocycles. The lowest BCUT2D eigenvalue weighted by atomic mass is 10.0. The van der Waals surface area contributed by atoms with Crippen LogP contribution >= 0.6 is 0 Å². The predicted molar refractivity (Wildman–Crippen MR) is 152 cm³/mol. The van der Waals surface area contributed by atoms with Crippen molar-refractivity contribution >= 4 is 0 Å². The van der Waals surface area contributed by atoms with E-state index in [9.17, 15) is 0 Å². The van der Waals surface area contributed by atoms with E-state index in [0.29, 0.717) is 0 Å². The van der Waals surface area contributed by atoms with Crippen LogP contribution in [0.3, 0.4) is 0 Å². The summed E-state index contributed by atoms with van der Waals surface area (Å²) in [6.07, 6.45) is 38.6. The summed E-state index contributed by atoms with van der Waals surface area (Å²) in [7, 11) is 0. The van der Waals surface area contributed by atoms with Crippen molar-refractivity contribution in [1.29, 1.82) is 0 Å². The molecule has 0 fully saturated rings. The highest BCUT2D eigenvalue weighted by Crippen LogP contribution is 2.14. The Hall–Kier alpha value is -0.790. The molecule has 2 nitrogen and oxygen atoms in total. The predicted octanol–water partition coefficient (Wildman–Crippen LogP) is 10.4. The fourth-order valence-electron chi connectivity index (χ4n) is 5.24. The molecule has 1 rings (SSSR count). The molecule has 0 aliphatic rings. The van der Waals surface area contributed by atoms with E-state index in [2.05, 4.69) is 42.3 Å². The van der Waals surface area contributed by atoms with Crippen molar-refractivity contribution in [3.63, 3.8) is 0 Å². The van der Waals surface area contributed by atoms with Gasteiger partial charge in [-0.05, 0) is 25.7 Å². The maximum absolute atomic E-state index is 2.59. The largest absolute Gasteiger partial charge is 0.256 e. The molecule has 0 saturated heterocycles. The zero-order chi connectivity index (χ0) is 24.5. The van der Waals surface area contributed by atoms with E-state index in [4.69, 9.17) is 0 Å². The number of rotatable bonds is 26. The third-order valence-electron chi connectivity index (χ3n) is 7.60. The van der Waals surface area contributed by atoms with Gasteiger partial charge in [0.15, 0.2) is 0 Å². The normalized spacial score (nSPS) is 11.5. The van der Waals surface area contributed by atoms with Gasteiger partial charge >= 0.3 is 0 Å². The first-order valence-electron chi connectivity index (χ1n) is 15.9. The van der Waals surface area contributed by atoms with Crippen LogP contribution in [-0.4, -0.2) is 4.57 Å². The monoisotopic (exact) mass is 475 g/mol. The minimum atomic E-state index is 1.20.